The fourth-order valence-electron chi connectivity index (χ4n) is 5.39. The van der Waals surface area contributed by atoms with Gasteiger partial charge >= 0.3 is 12.4 Å². The molecule has 0 amide bonds. The fourth-order valence-corrected chi connectivity index (χ4v) is 5.39. The quantitative estimate of drug-likeness (QED) is 0.127. The number of nitrogens with one attached hydrogen (secondary N) is 1. The van der Waals surface area contributed by atoms with Crippen LogP contribution in [0.15, 0.2) is 53.7 Å². The Morgan fingerprint density at radius 3 is 2.09 bits per heavy atom. The Bertz CT molecular complexity index is 1560. The van der Waals surface area contributed by atoms with E-state index in [2.05, 4.69) is 34.1 Å². The third-order valence-electron chi connectivity index (χ3n) is 7.61. The van der Waals surface area contributed by atoms with Gasteiger partial charge in [0.25, 0.3) is 0 Å². The number of ketones is 1. The predicted molar refractivity (Wildman–Crippen MR) is 158 cm³/mol. The molecular weight excluding hydrogens is 568 g/mol. The van der Waals surface area contributed by atoms with Gasteiger partial charge in [-0.05, 0) is 56.9 Å². The standard InChI is InChI=1S/C33H35F6N3O/c1-4-5-11-31-29(19-40-22(3)41-27-17-25(32(34,35)36)16-26(18-27)33(37,38)39)30(20-42(31)28-9-7-6-8-10-28)24-14-12-23(13-15-24)21(2)43/h11-20,28H,4-10H2,1-3H3,(H,40,41)/b29-19-,31-11-. The molecule has 0 atom stereocenters. The minimum atomic E-state index is -4.95. The van der Waals surface area contributed by atoms with Gasteiger partial charge in [-0.25, -0.2) is 4.99 Å². The third-order valence-corrected chi connectivity index (χ3v) is 7.61. The van der Waals surface area contributed by atoms with Gasteiger partial charge in [0.05, 0.1) is 11.1 Å². The molecule has 4 rings (SSSR count). The summed E-state index contributed by atoms with van der Waals surface area (Å²) in [4.78, 5) is 16.3. The van der Waals surface area contributed by atoms with Gasteiger partial charge in [0, 0.05) is 45.8 Å². The third kappa shape index (κ3) is 7.97. The minimum Gasteiger partial charge on any atom is -0.344 e. The Morgan fingerprint density at radius 2 is 1.56 bits per heavy atom. The summed E-state index contributed by atoms with van der Waals surface area (Å²) in [5.74, 6) is 0.0711. The Kier molecular flexibility index (Phi) is 9.87. The van der Waals surface area contributed by atoms with Crippen molar-refractivity contribution in [3.8, 4) is 11.1 Å². The molecule has 1 aliphatic carbocycles. The second-order valence-corrected chi connectivity index (χ2v) is 10.9. The first-order chi connectivity index (χ1) is 20.3. The van der Waals surface area contributed by atoms with Crippen LogP contribution in [0, 0.1) is 0 Å². The number of aromatic nitrogens is 1. The second-order valence-electron chi connectivity index (χ2n) is 10.9. The lowest BCUT2D eigenvalue weighted by molar-refractivity contribution is -0.143. The first-order valence-corrected chi connectivity index (χ1v) is 14.4. The maximum atomic E-state index is 13.4. The van der Waals surface area contributed by atoms with E-state index in [4.69, 9.17) is 0 Å². The molecular formula is C33H35F6N3O. The van der Waals surface area contributed by atoms with Gasteiger partial charge in [-0.2, -0.15) is 26.3 Å². The van der Waals surface area contributed by atoms with Crippen LogP contribution in [0.1, 0.15) is 93.2 Å². The Labute approximate surface area is 246 Å². The van der Waals surface area contributed by atoms with Crippen LogP contribution in [-0.4, -0.2) is 16.2 Å². The highest BCUT2D eigenvalue weighted by Crippen LogP contribution is 2.37. The maximum absolute atomic E-state index is 13.4. The molecule has 0 aliphatic heterocycles. The van der Waals surface area contributed by atoms with Crippen molar-refractivity contribution in [3.63, 3.8) is 0 Å². The summed E-state index contributed by atoms with van der Waals surface area (Å²) in [6.45, 7) is 5.06. The Morgan fingerprint density at radius 1 is 0.953 bits per heavy atom. The molecule has 1 saturated carbocycles. The highest BCUT2D eigenvalue weighted by Gasteiger charge is 2.37. The normalized spacial score (nSPS) is 16.2. The van der Waals surface area contributed by atoms with Gasteiger partial charge in [0.15, 0.2) is 5.78 Å². The van der Waals surface area contributed by atoms with E-state index in [-0.39, 0.29) is 23.4 Å². The lowest BCUT2D eigenvalue weighted by atomic mass is 9.95. The number of hydrogen-bond acceptors (Lipinski definition) is 2. The molecule has 1 aliphatic rings. The van der Waals surface area contributed by atoms with Crippen molar-refractivity contribution in [2.75, 3.05) is 5.32 Å². The molecule has 1 N–H and O–H groups in total. The largest absolute Gasteiger partial charge is 0.416 e. The Balaban J connectivity index is 1.84. The van der Waals surface area contributed by atoms with E-state index in [0.29, 0.717) is 23.7 Å². The number of carbonyl (C=O) groups is 1. The van der Waals surface area contributed by atoms with Crippen LogP contribution in [0.25, 0.3) is 23.4 Å². The zero-order valence-electron chi connectivity index (χ0n) is 24.4. The molecule has 1 heterocycles. The molecule has 0 radical (unpaired) electrons. The number of aliphatic imine (C=N–C) groups is 1. The van der Waals surface area contributed by atoms with Crippen molar-refractivity contribution >= 4 is 29.6 Å². The van der Waals surface area contributed by atoms with Crippen molar-refractivity contribution in [2.24, 2.45) is 4.99 Å². The first-order valence-electron chi connectivity index (χ1n) is 14.4. The lowest BCUT2D eigenvalue weighted by Crippen LogP contribution is -2.32. The van der Waals surface area contributed by atoms with E-state index in [9.17, 15) is 31.1 Å². The van der Waals surface area contributed by atoms with Crippen LogP contribution < -0.4 is 15.9 Å². The van der Waals surface area contributed by atoms with Crippen LogP contribution >= 0.6 is 0 Å². The average molecular weight is 604 g/mol. The average Bonchev–Trinajstić information content (AvgIpc) is 3.32. The minimum absolute atomic E-state index is 0.0512. The van der Waals surface area contributed by atoms with Crippen molar-refractivity contribution < 1.29 is 31.1 Å². The molecule has 0 unspecified atom stereocenters. The lowest BCUT2D eigenvalue weighted by Gasteiger charge is -2.24. The fraction of sp³-hybridized carbons (Fsp3) is 0.394. The molecule has 1 aromatic heterocycles. The van der Waals surface area contributed by atoms with Gasteiger partial charge in [-0.15, -0.1) is 0 Å². The number of anilines is 1. The summed E-state index contributed by atoms with van der Waals surface area (Å²) >= 11 is 0. The highest BCUT2D eigenvalue weighted by atomic mass is 19.4. The molecule has 3 aromatic rings. The molecule has 230 valence electrons. The second kappa shape index (κ2) is 13.2. The zero-order valence-corrected chi connectivity index (χ0v) is 24.4. The summed E-state index contributed by atoms with van der Waals surface area (Å²) in [6, 6.07) is 8.92. The summed E-state index contributed by atoms with van der Waals surface area (Å²) < 4.78 is 82.5. The number of halogens is 6. The monoisotopic (exact) mass is 603 g/mol. The highest BCUT2D eigenvalue weighted by molar-refractivity contribution is 5.95. The smallest absolute Gasteiger partial charge is 0.344 e. The van der Waals surface area contributed by atoms with E-state index >= 15 is 0 Å². The predicted octanol–water partition coefficient (Wildman–Crippen LogP) is 8.75. The summed E-state index contributed by atoms with van der Waals surface area (Å²) in [5, 5.41) is 4.37. The summed E-state index contributed by atoms with van der Waals surface area (Å²) in [5.41, 5.74) is -0.855. The van der Waals surface area contributed by atoms with Gasteiger partial charge < -0.3 is 9.88 Å². The number of rotatable bonds is 7. The number of alkyl halides is 6. The number of carbonyl (C=O) groups excluding carboxylic acids is 1. The van der Waals surface area contributed by atoms with Crippen molar-refractivity contribution in [1.82, 2.24) is 4.57 Å². The number of nitrogens with zero attached hydrogens (tertiary/aromatic N) is 2. The molecule has 0 saturated heterocycles. The van der Waals surface area contributed by atoms with E-state index in [1.807, 2.05) is 12.1 Å². The van der Waals surface area contributed by atoms with Gasteiger partial charge in [-0.3, -0.25) is 4.79 Å². The SMILES string of the molecule is CCC/C=c1/c(=C\N=C(C)Nc2cc(C(F)(F)F)cc(C(F)(F)F)c2)c(-c2ccc(C(C)=O)cc2)cn1C1CCCCC1. The van der Waals surface area contributed by atoms with E-state index in [1.165, 1.54) is 20.3 Å². The number of hydrogen-bond donors (Lipinski definition) is 1. The molecule has 10 heteroatoms. The topological polar surface area (TPSA) is 46.4 Å². The van der Waals surface area contributed by atoms with E-state index in [1.54, 1.807) is 18.3 Å². The van der Waals surface area contributed by atoms with Gasteiger partial charge in [-0.1, -0.05) is 62.9 Å². The van der Waals surface area contributed by atoms with E-state index < -0.39 is 23.5 Å². The van der Waals surface area contributed by atoms with Gasteiger partial charge in [0.2, 0.25) is 0 Å². The van der Waals surface area contributed by atoms with Crippen LogP contribution in [0.3, 0.4) is 0 Å². The van der Waals surface area contributed by atoms with Crippen LogP contribution in [0.4, 0.5) is 32.0 Å². The van der Waals surface area contributed by atoms with Crippen LogP contribution in [0.5, 0.6) is 0 Å². The van der Waals surface area contributed by atoms with Crippen molar-refractivity contribution in [2.45, 2.75) is 84.1 Å². The summed E-state index contributed by atoms with van der Waals surface area (Å²) in [6.07, 6.45) is 3.16. The van der Waals surface area contributed by atoms with E-state index in [0.717, 1.165) is 60.2 Å². The number of unbranched alkanes of at least 4 members (excludes halogenated alkanes) is 1. The maximum Gasteiger partial charge on any atom is 0.416 e. The molecule has 2 aromatic carbocycles. The molecule has 43 heavy (non-hydrogen) atoms. The molecule has 1 fully saturated rings. The van der Waals surface area contributed by atoms with Crippen molar-refractivity contribution in [1.29, 1.82) is 0 Å². The van der Waals surface area contributed by atoms with Gasteiger partial charge in [0.1, 0.15) is 5.84 Å². The molecule has 0 spiro atoms. The zero-order chi connectivity index (χ0) is 31.4. The van der Waals surface area contributed by atoms with Crippen molar-refractivity contribution in [3.05, 3.63) is 75.9 Å². The molecule has 0 bridgehead atoms. The first kappa shape index (κ1) is 32.1. The van der Waals surface area contributed by atoms with Crippen LogP contribution in [-0.2, 0) is 12.4 Å². The molecule has 4 nitrogen and oxygen atoms in total. The van der Waals surface area contributed by atoms with Crippen LogP contribution in [0.2, 0.25) is 0 Å². The number of Topliss-reactive ketones (excluding diaryl/α,β-unsaturated/α-hetero) is 1. The Hall–Kier alpha value is -3.82. The number of benzene rings is 2. The number of amidine groups is 1. The summed E-state index contributed by atoms with van der Waals surface area (Å²) in [7, 11) is 0.